The van der Waals surface area contributed by atoms with Crippen LogP contribution in [0.1, 0.15) is 65.2 Å². The van der Waals surface area contributed by atoms with Crippen LogP contribution in [-0.4, -0.2) is 26.7 Å². The molecule has 3 unspecified atom stereocenters. The molecule has 0 aromatic rings. The summed E-state index contributed by atoms with van der Waals surface area (Å²) in [5.74, 6) is 1.97. The van der Waals surface area contributed by atoms with Crippen LogP contribution in [0.15, 0.2) is 11.6 Å². The molecule has 4 rings (SSSR count). The number of hydrogen-bond donors (Lipinski definition) is 1. The molecule has 0 saturated heterocycles. The molecule has 4 aliphatic rings. The molecule has 138 valence electrons. The zero-order valence-corrected chi connectivity index (χ0v) is 17.5. The Kier molecular flexibility index (Phi) is 4.27. The van der Waals surface area contributed by atoms with Crippen molar-refractivity contribution < 1.29 is 14.7 Å². The Morgan fingerprint density at radius 2 is 1.88 bits per heavy atom. The van der Waals surface area contributed by atoms with Crippen LogP contribution in [0.25, 0.3) is 0 Å². The molecular weight excluding hydrogens is 427 g/mol. The lowest BCUT2D eigenvalue weighted by Crippen LogP contribution is -2.57. The number of Topliss-reactive ketones (excluding diaryl/α,β-unsaturated/α-hetero) is 1. The van der Waals surface area contributed by atoms with E-state index in [0.29, 0.717) is 40.8 Å². The van der Waals surface area contributed by atoms with E-state index < -0.39 is 5.60 Å². The van der Waals surface area contributed by atoms with Crippen molar-refractivity contribution in [2.45, 2.75) is 70.8 Å². The van der Waals surface area contributed by atoms with Gasteiger partial charge in [0.15, 0.2) is 11.6 Å². The molecule has 1 N–H and O–H groups in total. The Labute approximate surface area is 164 Å². The van der Waals surface area contributed by atoms with Crippen LogP contribution in [0.5, 0.6) is 0 Å². The molecule has 0 spiro atoms. The Balaban J connectivity index is 1.68. The number of aliphatic hydroxyl groups is 1. The van der Waals surface area contributed by atoms with Gasteiger partial charge >= 0.3 is 0 Å². The van der Waals surface area contributed by atoms with Gasteiger partial charge < -0.3 is 5.11 Å². The van der Waals surface area contributed by atoms with Crippen LogP contribution in [0.2, 0.25) is 0 Å². The number of alkyl halides is 1. The van der Waals surface area contributed by atoms with Crippen LogP contribution in [0.3, 0.4) is 0 Å². The molecule has 3 nitrogen and oxygen atoms in total. The standard InChI is InChI=1S/C21H29IO3/c1-19-8-5-14(23)11-13(19)3-4-15-16(19)6-9-20(2)17(15)7-10-21(20,25)18(24)12-22/h11,15-17,25H,3-10,12H2,1-2H3/t15?,16?,17?,19-,20-,21-/m0/s1. The number of hydrogen-bond acceptors (Lipinski definition) is 3. The minimum atomic E-state index is -1.12. The van der Waals surface area contributed by atoms with Crippen molar-refractivity contribution in [1.82, 2.24) is 0 Å². The fourth-order valence-electron chi connectivity index (χ4n) is 7.14. The van der Waals surface area contributed by atoms with Crippen LogP contribution in [0.4, 0.5) is 0 Å². The van der Waals surface area contributed by atoms with Gasteiger partial charge in [0, 0.05) is 11.8 Å². The molecule has 25 heavy (non-hydrogen) atoms. The van der Waals surface area contributed by atoms with E-state index in [1.807, 2.05) is 6.08 Å². The quantitative estimate of drug-likeness (QED) is 0.499. The highest BCUT2D eigenvalue weighted by Crippen LogP contribution is 2.67. The molecule has 0 heterocycles. The summed E-state index contributed by atoms with van der Waals surface area (Å²) >= 11 is 2.10. The van der Waals surface area contributed by atoms with Crippen molar-refractivity contribution in [3.05, 3.63) is 11.6 Å². The lowest BCUT2D eigenvalue weighted by molar-refractivity contribution is -0.159. The molecule has 0 aromatic heterocycles. The van der Waals surface area contributed by atoms with E-state index in [4.69, 9.17) is 0 Å². The maximum Gasteiger partial charge on any atom is 0.174 e. The second-order valence-electron chi connectivity index (χ2n) is 9.38. The number of halogens is 1. The first kappa shape index (κ1) is 18.1. The molecule has 0 aromatic carbocycles. The third-order valence-corrected chi connectivity index (χ3v) is 9.39. The second kappa shape index (κ2) is 5.88. The maximum atomic E-state index is 12.6. The summed E-state index contributed by atoms with van der Waals surface area (Å²) in [6, 6.07) is 0. The minimum absolute atomic E-state index is 0.0300. The summed E-state index contributed by atoms with van der Waals surface area (Å²) in [7, 11) is 0. The zero-order valence-electron chi connectivity index (χ0n) is 15.3. The Morgan fingerprint density at radius 3 is 2.60 bits per heavy atom. The summed E-state index contributed by atoms with van der Waals surface area (Å²) in [6.07, 6.45) is 9.38. The van der Waals surface area contributed by atoms with Crippen molar-refractivity contribution >= 4 is 34.2 Å². The summed E-state index contributed by atoms with van der Waals surface area (Å²) in [5, 5.41) is 11.3. The first-order valence-corrected chi connectivity index (χ1v) is 11.3. The van der Waals surface area contributed by atoms with Gasteiger partial charge in [-0.2, -0.15) is 0 Å². The second-order valence-corrected chi connectivity index (χ2v) is 10.1. The van der Waals surface area contributed by atoms with Gasteiger partial charge in [-0.25, -0.2) is 0 Å². The molecule has 3 fully saturated rings. The highest BCUT2D eigenvalue weighted by atomic mass is 127. The first-order valence-electron chi connectivity index (χ1n) is 9.82. The van der Waals surface area contributed by atoms with Crippen molar-refractivity contribution in [3.63, 3.8) is 0 Å². The molecule has 6 atom stereocenters. The van der Waals surface area contributed by atoms with Crippen molar-refractivity contribution in [2.24, 2.45) is 28.6 Å². The van der Waals surface area contributed by atoms with Gasteiger partial charge in [0.1, 0.15) is 5.60 Å². The van der Waals surface area contributed by atoms with E-state index in [1.54, 1.807) is 0 Å². The van der Waals surface area contributed by atoms with Gasteiger partial charge in [0.25, 0.3) is 0 Å². The smallest absolute Gasteiger partial charge is 0.174 e. The lowest BCUT2D eigenvalue weighted by atomic mass is 9.46. The highest BCUT2D eigenvalue weighted by molar-refractivity contribution is 14.1. The molecule has 0 amide bonds. The fraction of sp³-hybridized carbons (Fsp3) is 0.810. The van der Waals surface area contributed by atoms with Gasteiger partial charge in [-0.1, -0.05) is 42.0 Å². The van der Waals surface area contributed by atoms with E-state index in [9.17, 15) is 14.7 Å². The van der Waals surface area contributed by atoms with E-state index in [0.717, 1.165) is 38.5 Å². The van der Waals surface area contributed by atoms with E-state index in [2.05, 4.69) is 36.4 Å². The van der Waals surface area contributed by atoms with Crippen molar-refractivity contribution in [1.29, 1.82) is 0 Å². The predicted molar refractivity (Wildman–Crippen MR) is 106 cm³/mol. The van der Waals surface area contributed by atoms with Gasteiger partial charge in [-0.05, 0) is 74.2 Å². The number of carbonyl (C=O) groups excluding carboxylic acids is 2. The summed E-state index contributed by atoms with van der Waals surface area (Å²) in [6.45, 7) is 4.56. The molecule has 0 bridgehead atoms. The first-order chi connectivity index (χ1) is 11.8. The van der Waals surface area contributed by atoms with E-state index >= 15 is 0 Å². The van der Waals surface area contributed by atoms with Gasteiger partial charge in [-0.15, -0.1) is 0 Å². The lowest BCUT2D eigenvalue weighted by Gasteiger charge is -2.58. The van der Waals surface area contributed by atoms with Crippen LogP contribution in [-0.2, 0) is 9.59 Å². The predicted octanol–water partition coefficient (Wildman–Crippen LogP) is 4.25. The molecule has 4 aliphatic carbocycles. The average molecular weight is 456 g/mol. The molecule has 3 saturated carbocycles. The SMILES string of the molecule is C[C@]12CCC(=O)C=C1CCC1C2CC[C@@]2(C)C1CC[C@]2(O)C(=O)CI. The monoisotopic (exact) mass is 456 g/mol. The van der Waals surface area contributed by atoms with E-state index in [-0.39, 0.29) is 16.6 Å². The van der Waals surface area contributed by atoms with Crippen LogP contribution < -0.4 is 0 Å². The molecule has 0 aliphatic heterocycles. The Hall–Kier alpha value is -0.230. The largest absolute Gasteiger partial charge is 0.381 e. The number of ketones is 2. The normalized spacial score (nSPS) is 49.0. The average Bonchev–Trinajstić information content (AvgIpc) is 2.87. The van der Waals surface area contributed by atoms with Gasteiger partial charge in [0.05, 0.1) is 4.43 Å². The minimum Gasteiger partial charge on any atom is -0.381 e. The fourth-order valence-corrected chi connectivity index (χ4v) is 7.77. The summed E-state index contributed by atoms with van der Waals surface area (Å²) in [4.78, 5) is 24.5. The zero-order chi connectivity index (χ0) is 18.0. The summed E-state index contributed by atoms with van der Waals surface area (Å²) in [5.41, 5.74) is 0.152. The third-order valence-electron chi connectivity index (χ3n) is 8.70. The third kappa shape index (κ3) is 2.31. The molecular formula is C21H29IO3. The Bertz CT molecular complexity index is 656. The Morgan fingerprint density at radius 1 is 1.16 bits per heavy atom. The van der Waals surface area contributed by atoms with Crippen LogP contribution >= 0.6 is 22.6 Å². The number of fused-ring (bicyclic) bond motifs is 5. The van der Waals surface area contributed by atoms with Crippen molar-refractivity contribution in [2.75, 3.05) is 4.43 Å². The van der Waals surface area contributed by atoms with Gasteiger partial charge in [0.2, 0.25) is 0 Å². The molecule has 0 radical (unpaired) electrons. The number of allylic oxidation sites excluding steroid dienone is 1. The topological polar surface area (TPSA) is 54.4 Å². The number of carbonyl (C=O) groups is 2. The highest BCUT2D eigenvalue weighted by Gasteiger charge is 2.65. The van der Waals surface area contributed by atoms with Gasteiger partial charge in [-0.3, -0.25) is 9.59 Å². The molecule has 4 heteroatoms. The van der Waals surface area contributed by atoms with Crippen LogP contribution in [0, 0.1) is 28.6 Å². The summed E-state index contributed by atoms with van der Waals surface area (Å²) < 4.78 is 0.400. The number of rotatable bonds is 2. The maximum absolute atomic E-state index is 12.6. The van der Waals surface area contributed by atoms with Crippen molar-refractivity contribution in [3.8, 4) is 0 Å². The van der Waals surface area contributed by atoms with E-state index in [1.165, 1.54) is 5.57 Å².